The molecule has 35 heavy (non-hydrogen) atoms. The Labute approximate surface area is 206 Å². The van der Waals surface area contributed by atoms with Crippen LogP contribution in [0.15, 0.2) is 65.0 Å². The lowest BCUT2D eigenvalue weighted by Crippen LogP contribution is -2.39. The Kier molecular flexibility index (Phi) is 6.61. The molecule has 1 atom stereocenters. The lowest BCUT2D eigenvalue weighted by Gasteiger charge is -2.40. The quantitative estimate of drug-likeness (QED) is 0.613. The Bertz CT molecular complexity index is 1240. The van der Waals surface area contributed by atoms with Crippen LogP contribution in [0.25, 0.3) is 0 Å². The molecule has 2 N–H and O–H groups in total. The van der Waals surface area contributed by atoms with Gasteiger partial charge in [0.2, 0.25) is 0 Å². The molecule has 2 aromatic rings. The first kappa shape index (κ1) is 24.4. The van der Waals surface area contributed by atoms with Crippen LogP contribution < -0.4 is 24.8 Å². The van der Waals surface area contributed by atoms with Crippen molar-refractivity contribution in [2.75, 3.05) is 26.6 Å². The summed E-state index contributed by atoms with van der Waals surface area (Å²) in [6.45, 7) is 6.04. The molecule has 1 aliphatic carbocycles. The van der Waals surface area contributed by atoms with Gasteiger partial charge in [-0.05, 0) is 37.0 Å². The minimum atomic E-state index is -0.592. The van der Waals surface area contributed by atoms with Gasteiger partial charge in [-0.15, -0.1) is 0 Å². The number of ether oxygens (including phenoxy) is 3. The van der Waals surface area contributed by atoms with E-state index in [4.69, 9.17) is 14.2 Å². The molecule has 1 amide bonds. The smallest absolute Gasteiger partial charge is 0.254 e. The molecule has 7 nitrogen and oxygen atoms in total. The number of benzene rings is 2. The first-order chi connectivity index (χ1) is 16.7. The van der Waals surface area contributed by atoms with Gasteiger partial charge in [0.05, 0.1) is 32.9 Å². The maximum Gasteiger partial charge on any atom is 0.254 e. The number of para-hydroxylation sites is 2. The summed E-state index contributed by atoms with van der Waals surface area (Å²) in [4.78, 5) is 27.3. The van der Waals surface area contributed by atoms with Crippen molar-refractivity contribution < 1.29 is 23.8 Å². The van der Waals surface area contributed by atoms with Crippen LogP contribution in [0.3, 0.4) is 0 Å². The van der Waals surface area contributed by atoms with E-state index in [0.29, 0.717) is 52.6 Å². The van der Waals surface area contributed by atoms with Crippen LogP contribution in [0.4, 0.5) is 5.69 Å². The molecule has 0 spiro atoms. The van der Waals surface area contributed by atoms with Crippen LogP contribution in [0.2, 0.25) is 0 Å². The summed E-state index contributed by atoms with van der Waals surface area (Å²) in [6, 6.07) is 12.7. The van der Waals surface area contributed by atoms with Crippen LogP contribution in [0, 0.1) is 5.41 Å². The van der Waals surface area contributed by atoms with Crippen molar-refractivity contribution in [1.82, 2.24) is 5.32 Å². The van der Waals surface area contributed by atoms with Gasteiger partial charge in [-0.1, -0.05) is 32.0 Å². The number of ketones is 1. The fourth-order valence-electron chi connectivity index (χ4n) is 5.04. The van der Waals surface area contributed by atoms with Gasteiger partial charge in [-0.3, -0.25) is 9.59 Å². The predicted octanol–water partition coefficient (Wildman–Crippen LogP) is 4.96. The monoisotopic (exact) mass is 476 g/mol. The van der Waals surface area contributed by atoms with Crippen LogP contribution in [-0.2, 0) is 9.59 Å². The van der Waals surface area contributed by atoms with E-state index in [1.54, 1.807) is 39.5 Å². The molecule has 0 saturated carbocycles. The molecule has 4 rings (SSSR count). The number of amides is 1. The molecule has 0 aromatic heterocycles. The Balaban J connectivity index is 1.87. The van der Waals surface area contributed by atoms with Crippen LogP contribution in [0.5, 0.6) is 17.2 Å². The number of anilines is 1. The van der Waals surface area contributed by atoms with Gasteiger partial charge >= 0.3 is 0 Å². The molecule has 2 aliphatic rings. The number of nitrogens with one attached hydrogen (secondary N) is 2. The Morgan fingerprint density at radius 3 is 2.40 bits per heavy atom. The minimum Gasteiger partial charge on any atom is -0.497 e. The topological polar surface area (TPSA) is 85.9 Å². The number of Topliss-reactive ketones (excluding diaryl/α,β-unsaturated/α-hetero) is 1. The van der Waals surface area contributed by atoms with Crippen LogP contribution >= 0.6 is 0 Å². The first-order valence-corrected chi connectivity index (χ1v) is 11.6. The van der Waals surface area contributed by atoms with Crippen molar-refractivity contribution in [2.24, 2.45) is 5.41 Å². The van der Waals surface area contributed by atoms with Crippen molar-refractivity contribution in [3.63, 3.8) is 0 Å². The van der Waals surface area contributed by atoms with Crippen molar-refractivity contribution >= 4 is 17.4 Å². The number of hydrogen-bond acceptors (Lipinski definition) is 6. The molecule has 1 heterocycles. The second kappa shape index (κ2) is 9.49. The van der Waals surface area contributed by atoms with Crippen molar-refractivity contribution in [3.05, 3.63) is 70.6 Å². The van der Waals surface area contributed by atoms with E-state index >= 15 is 0 Å². The lowest BCUT2D eigenvalue weighted by atomic mass is 9.68. The standard InChI is InChI=1S/C28H32N2O5/c1-16-24(27(32)30-19-9-7-8-10-22(19)34-5)25(18-12-11-17(33-4)13-23(18)35-6)26-20(29-16)14-28(2,3)15-21(26)31/h7-13,25,29H,14-15H2,1-6H3,(H,30,32)/t25-/m0/s1. The SMILES string of the molecule is COc1ccc([C@H]2C(C(=O)Nc3ccccc3OC)=C(C)NC3=C2C(=O)CC(C)(C)C3)c(OC)c1. The molecule has 0 saturated heterocycles. The third-order valence-corrected chi connectivity index (χ3v) is 6.59. The molecule has 2 aromatic carbocycles. The Morgan fingerprint density at radius 1 is 1.00 bits per heavy atom. The molecule has 1 aliphatic heterocycles. The fraction of sp³-hybridized carbons (Fsp3) is 0.357. The number of hydrogen-bond donors (Lipinski definition) is 2. The van der Waals surface area contributed by atoms with Gasteiger partial charge in [0, 0.05) is 40.6 Å². The summed E-state index contributed by atoms with van der Waals surface area (Å²) in [5.74, 6) is 0.859. The number of methoxy groups -OCH3 is 3. The van der Waals surface area contributed by atoms with E-state index in [9.17, 15) is 9.59 Å². The van der Waals surface area contributed by atoms with Gasteiger partial charge < -0.3 is 24.8 Å². The number of dihydropyridines is 1. The molecular formula is C28H32N2O5. The van der Waals surface area contributed by atoms with E-state index in [0.717, 1.165) is 11.3 Å². The number of carbonyl (C=O) groups excluding carboxylic acids is 2. The highest BCUT2D eigenvalue weighted by atomic mass is 16.5. The summed E-state index contributed by atoms with van der Waals surface area (Å²) in [5, 5.41) is 6.38. The summed E-state index contributed by atoms with van der Waals surface area (Å²) in [6.07, 6.45) is 1.12. The predicted molar refractivity (Wildman–Crippen MR) is 135 cm³/mol. The Hall–Kier alpha value is -3.74. The van der Waals surface area contributed by atoms with E-state index in [1.807, 2.05) is 31.2 Å². The maximum atomic E-state index is 13.8. The fourth-order valence-corrected chi connectivity index (χ4v) is 5.04. The van der Waals surface area contributed by atoms with Crippen molar-refractivity contribution in [2.45, 2.75) is 39.5 Å². The highest BCUT2D eigenvalue weighted by Crippen LogP contribution is 2.49. The van der Waals surface area contributed by atoms with Gasteiger partial charge in [0.25, 0.3) is 5.91 Å². The molecule has 0 fully saturated rings. The van der Waals surface area contributed by atoms with E-state index in [2.05, 4.69) is 24.5 Å². The number of allylic oxidation sites excluding steroid dienone is 3. The second-order valence-corrected chi connectivity index (χ2v) is 9.69. The zero-order chi connectivity index (χ0) is 25.3. The van der Waals surface area contributed by atoms with E-state index < -0.39 is 5.92 Å². The third-order valence-electron chi connectivity index (χ3n) is 6.59. The summed E-state index contributed by atoms with van der Waals surface area (Å²) < 4.78 is 16.5. The minimum absolute atomic E-state index is 0.0294. The average Bonchev–Trinajstić information content (AvgIpc) is 2.82. The molecule has 0 bridgehead atoms. The molecular weight excluding hydrogens is 444 g/mol. The number of carbonyl (C=O) groups is 2. The summed E-state index contributed by atoms with van der Waals surface area (Å²) in [7, 11) is 4.72. The van der Waals surface area contributed by atoms with Gasteiger partial charge in [0.1, 0.15) is 17.2 Å². The van der Waals surface area contributed by atoms with E-state index in [-0.39, 0.29) is 17.1 Å². The van der Waals surface area contributed by atoms with Crippen LogP contribution in [-0.4, -0.2) is 33.0 Å². The van der Waals surface area contributed by atoms with E-state index in [1.165, 1.54) is 0 Å². The van der Waals surface area contributed by atoms with Gasteiger partial charge in [0.15, 0.2) is 5.78 Å². The van der Waals surface area contributed by atoms with Crippen molar-refractivity contribution in [1.29, 1.82) is 0 Å². The summed E-state index contributed by atoms with van der Waals surface area (Å²) >= 11 is 0. The summed E-state index contributed by atoms with van der Waals surface area (Å²) in [5.41, 5.74) is 3.76. The normalized spacial score (nSPS) is 19.0. The van der Waals surface area contributed by atoms with Crippen LogP contribution in [0.1, 0.15) is 45.1 Å². The Morgan fingerprint density at radius 2 is 1.71 bits per heavy atom. The molecule has 184 valence electrons. The van der Waals surface area contributed by atoms with Gasteiger partial charge in [-0.2, -0.15) is 0 Å². The largest absolute Gasteiger partial charge is 0.497 e. The molecule has 0 unspecified atom stereocenters. The van der Waals surface area contributed by atoms with Gasteiger partial charge in [-0.25, -0.2) is 0 Å². The number of rotatable bonds is 6. The lowest BCUT2D eigenvalue weighted by molar-refractivity contribution is -0.118. The third kappa shape index (κ3) is 4.63. The first-order valence-electron chi connectivity index (χ1n) is 11.6. The average molecular weight is 477 g/mol. The highest BCUT2D eigenvalue weighted by Gasteiger charge is 2.43. The highest BCUT2D eigenvalue weighted by molar-refractivity contribution is 6.10. The zero-order valence-electron chi connectivity index (χ0n) is 21.1. The zero-order valence-corrected chi connectivity index (χ0v) is 21.1. The molecule has 0 radical (unpaired) electrons. The van der Waals surface area contributed by atoms with Crippen molar-refractivity contribution in [3.8, 4) is 17.2 Å². The maximum absolute atomic E-state index is 13.8. The molecule has 7 heteroatoms. The second-order valence-electron chi connectivity index (χ2n) is 9.69.